The van der Waals surface area contributed by atoms with Crippen LogP contribution in [0.4, 0.5) is 0 Å². The van der Waals surface area contributed by atoms with E-state index in [2.05, 4.69) is 19.2 Å². The van der Waals surface area contributed by atoms with Gasteiger partial charge in [0.2, 0.25) is 0 Å². The fraction of sp³-hybridized carbons (Fsp3) is 0.533. The Morgan fingerprint density at radius 3 is 2.63 bits per heavy atom. The first-order valence-corrected chi connectivity index (χ1v) is 6.85. The van der Waals surface area contributed by atoms with Gasteiger partial charge in [-0.2, -0.15) is 0 Å². The Morgan fingerprint density at radius 1 is 1.37 bits per heavy atom. The average molecular weight is 264 g/mol. The van der Waals surface area contributed by atoms with Crippen LogP contribution in [0.25, 0.3) is 0 Å². The average Bonchev–Trinajstić information content (AvgIpc) is 2.41. The van der Waals surface area contributed by atoms with Gasteiger partial charge < -0.3 is 15.8 Å². The third-order valence-electron chi connectivity index (χ3n) is 2.91. The van der Waals surface area contributed by atoms with E-state index in [-0.39, 0.29) is 6.61 Å². The standard InChI is InChI=1S/C15H24N2O2/c1-3-10-17-12(2)4-5-13-6-8-14(9-7-13)19-11-15(16)18/h6-9,12,17H,3-5,10-11H2,1-2H3,(H2,16,18). The Labute approximate surface area is 115 Å². The summed E-state index contributed by atoms with van der Waals surface area (Å²) < 4.78 is 5.21. The van der Waals surface area contributed by atoms with Gasteiger partial charge in [-0.05, 0) is 50.4 Å². The lowest BCUT2D eigenvalue weighted by Crippen LogP contribution is -2.27. The molecule has 0 fully saturated rings. The van der Waals surface area contributed by atoms with Crippen LogP contribution in [-0.2, 0) is 11.2 Å². The van der Waals surface area contributed by atoms with Gasteiger partial charge in [-0.3, -0.25) is 4.79 Å². The van der Waals surface area contributed by atoms with Crippen molar-refractivity contribution in [3.8, 4) is 5.75 Å². The molecule has 0 aliphatic carbocycles. The lowest BCUT2D eigenvalue weighted by molar-refractivity contribution is -0.119. The van der Waals surface area contributed by atoms with Crippen LogP contribution < -0.4 is 15.8 Å². The van der Waals surface area contributed by atoms with Crippen molar-refractivity contribution in [2.24, 2.45) is 5.73 Å². The molecule has 0 aliphatic heterocycles. The second kappa shape index (κ2) is 8.53. The quantitative estimate of drug-likeness (QED) is 0.715. The number of hydrogen-bond donors (Lipinski definition) is 2. The summed E-state index contributed by atoms with van der Waals surface area (Å²) in [6.07, 6.45) is 3.31. The van der Waals surface area contributed by atoms with E-state index >= 15 is 0 Å². The Hall–Kier alpha value is -1.55. The number of rotatable bonds is 9. The summed E-state index contributed by atoms with van der Waals surface area (Å²) in [7, 11) is 0. The highest BCUT2D eigenvalue weighted by Crippen LogP contribution is 2.13. The zero-order valence-electron chi connectivity index (χ0n) is 11.8. The second-order valence-corrected chi connectivity index (χ2v) is 4.79. The van der Waals surface area contributed by atoms with Crippen molar-refractivity contribution in [1.82, 2.24) is 5.32 Å². The number of hydrogen-bond acceptors (Lipinski definition) is 3. The number of nitrogens with one attached hydrogen (secondary N) is 1. The first kappa shape index (κ1) is 15.5. The van der Waals surface area contributed by atoms with E-state index < -0.39 is 5.91 Å². The predicted octanol–water partition coefficient (Wildman–Crippen LogP) is 1.87. The fourth-order valence-corrected chi connectivity index (χ4v) is 1.78. The number of primary amides is 1. The van der Waals surface area contributed by atoms with Crippen LogP contribution in [-0.4, -0.2) is 25.1 Å². The van der Waals surface area contributed by atoms with Gasteiger partial charge in [0.25, 0.3) is 5.91 Å². The highest BCUT2D eigenvalue weighted by molar-refractivity contribution is 5.75. The zero-order valence-corrected chi connectivity index (χ0v) is 11.8. The second-order valence-electron chi connectivity index (χ2n) is 4.79. The van der Waals surface area contributed by atoms with Gasteiger partial charge in [0.15, 0.2) is 6.61 Å². The molecule has 106 valence electrons. The van der Waals surface area contributed by atoms with E-state index in [9.17, 15) is 4.79 Å². The van der Waals surface area contributed by atoms with Crippen molar-refractivity contribution < 1.29 is 9.53 Å². The number of benzene rings is 1. The van der Waals surface area contributed by atoms with Crippen molar-refractivity contribution in [2.75, 3.05) is 13.2 Å². The summed E-state index contributed by atoms with van der Waals surface area (Å²) in [6.45, 7) is 5.38. The van der Waals surface area contributed by atoms with Crippen LogP contribution in [0, 0.1) is 0 Å². The summed E-state index contributed by atoms with van der Waals surface area (Å²) in [5, 5.41) is 3.47. The van der Waals surface area contributed by atoms with Crippen molar-refractivity contribution in [1.29, 1.82) is 0 Å². The van der Waals surface area contributed by atoms with Crippen molar-refractivity contribution in [2.45, 2.75) is 39.2 Å². The first-order valence-electron chi connectivity index (χ1n) is 6.85. The maximum Gasteiger partial charge on any atom is 0.255 e. The van der Waals surface area contributed by atoms with Crippen molar-refractivity contribution >= 4 is 5.91 Å². The Morgan fingerprint density at radius 2 is 2.05 bits per heavy atom. The van der Waals surface area contributed by atoms with Crippen molar-refractivity contribution in [3.63, 3.8) is 0 Å². The Kier molecular flexibility index (Phi) is 6.97. The minimum absolute atomic E-state index is 0.0721. The molecule has 0 aliphatic rings. The molecule has 1 unspecified atom stereocenters. The van der Waals surface area contributed by atoms with Crippen LogP contribution in [0.2, 0.25) is 0 Å². The SMILES string of the molecule is CCCNC(C)CCc1ccc(OCC(N)=O)cc1. The monoisotopic (exact) mass is 264 g/mol. The van der Waals surface area contributed by atoms with E-state index in [0.717, 1.165) is 25.8 Å². The molecule has 4 nitrogen and oxygen atoms in total. The van der Waals surface area contributed by atoms with E-state index in [1.807, 2.05) is 24.3 Å². The number of aryl methyl sites for hydroxylation is 1. The van der Waals surface area contributed by atoms with Crippen LogP contribution in [0.15, 0.2) is 24.3 Å². The number of carbonyl (C=O) groups is 1. The van der Waals surface area contributed by atoms with Gasteiger partial charge >= 0.3 is 0 Å². The van der Waals surface area contributed by atoms with Gasteiger partial charge in [0, 0.05) is 6.04 Å². The molecule has 4 heteroatoms. The molecule has 0 radical (unpaired) electrons. The van der Waals surface area contributed by atoms with Crippen LogP contribution >= 0.6 is 0 Å². The summed E-state index contributed by atoms with van der Waals surface area (Å²) in [6, 6.07) is 8.35. The number of ether oxygens (including phenoxy) is 1. The molecular formula is C15H24N2O2. The molecule has 0 spiro atoms. The van der Waals surface area contributed by atoms with Gasteiger partial charge in [0.05, 0.1) is 0 Å². The zero-order chi connectivity index (χ0) is 14.1. The van der Waals surface area contributed by atoms with E-state index in [1.54, 1.807) is 0 Å². The third-order valence-corrected chi connectivity index (χ3v) is 2.91. The highest BCUT2D eigenvalue weighted by Gasteiger charge is 2.02. The molecule has 19 heavy (non-hydrogen) atoms. The third kappa shape index (κ3) is 6.82. The summed E-state index contributed by atoms with van der Waals surface area (Å²) in [5.74, 6) is 0.222. The normalized spacial score (nSPS) is 12.1. The molecule has 0 bridgehead atoms. The molecule has 1 amide bonds. The topological polar surface area (TPSA) is 64.3 Å². The number of carbonyl (C=O) groups excluding carboxylic acids is 1. The molecule has 0 aromatic heterocycles. The van der Waals surface area contributed by atoms with Crippen LogP contribution in [0.5, 0.6) is 5.75 Å². The largest absolute Gasteiger partial charge is 0.484 e. The van der Waals surface area contributed by atoms with E-state index in [0.29, 0.717) is 11.8 Å². The van der Waals surface area contributed by atoms with Crippen molar-refractivity contribution in [3.05, 3.63) is 29.8 Å². The van der Waals surface area contributed by atoms with Crippen LogP contribution in [0.1, 0.15) is 32.3 Å². The number of amides is 1. The predicted molar refractivity (Wildman–Crippen MR) is 77.2 cm³/mol. The molecule has 0 saturated carbocycles. The van der Waals surface area contributed by atoms with E-state index in [1.165, 1.54) is 5.56 Å². The first-order chi connectivity index (χ1) is 9.11. The molecule has 0 saturated heterocycles. The molecule has 1 rings (SSSR count). The maximum atomic E-state index is 10.6. The number of nitrogens with two attached hydrogens (primary N) is 1. The summed E-state index contributed by atoms with van der Waals surface area (Å²) >= 11 is 0. The maximum absolute atomic E-state index is 10.6. The smallest absolute Gasteiger partial charge is 0.255 e. The molecular weight excluding hydrogens is 240 g/mol. The Balaban J connectivity index is 2.33. The molecule has 1 aromatic rings. The molecule has 0 heterocycles. The van der Waals surface area contributed by atoms with Gasteiger partial charge in [0.1, 0.15) is 5.75 Å². The molecule has 3 N–H and O–H groups in total. The summed E-state index contributed by atoms with van der Waals surface area (Å²) in [4.78, 5) is 10.6. The Bertz CT molecular complexity index is 376. The fourth-order valence-electron chi connectivity index (χ4n) is 1.78. The minimum Gasteiger partial charge on any atom is -0.484 e. The highest BCUT2D eigenvalue weighted by atomic mass is 16.5. The minimum atomic E-state index is -0.458. The molecule has 1 aromatic carbocycles. The van der Waals surface area contributed by atoms with Crippen LogP contribution in [0.3, 0.4) is 0 Å². The van der Waals surface area contributed by atoms with E-state index in [4.69, 9.17) is 10.5 Å². The molecule has 1 atom stereocenters. The van der Waals surface area contributed by atoms with Gasteiger partial charge in [-0.25, -0.2) is 0 Å². The van der Waals surface area contributed by atoms with Gasteiger partial charge in [-0.15, -0.1) is 0 Å². The lowest BCUT2D eigenvalue weighted by atomic mass is 10.1. The lowest BCUT2D eigenvalue weighted by Gasteiger charge is -2.13. The summed E-state index contributed by atoms with van der Waals surface area (Å²) in [5.41, 5.74) is 6.29. The van der Waals surface area contributed by atoms with Gasteiger partial charge in [-0.1, -0.05) is 19.1 Å².